The first-order valence-corrected chi connectivity index (χ1v) is 13.8. The van der Waals surface area contributed by atoms with E-state index in [-0.39, 0.29) is 17.7 Å². The number of anilines is 1. The Balaban J connectivity index is 1.59. The molecule has 0 radical (unpaired) electrons. The first-order chi connectivity index (χ1) is 18.4. The summed E-state index contributed by atoms with van der Waals surface area (Å²) in [7, 11) is 0. The second kappa shape index (κ2) is 12.5. The Morgan fingerprint density at radius 2 is 1.95 bits per heavy atom. The third-order valence-electron chi connectivity index (χ3n) is 6.29. The Morgan fingerprint density at radius 1 is 1.16 bits per heavy atom. The molecule has 0 aliphatic heterocycles. The molecule has 1 N–H and O–H groups in total. The van der Waals surface area contributed by atoms with Gasteiger partial charge in [-0.1, -0.05) is 39.3 Å². The van der Waals surface area contributed by atoms with Crippen LogP contribution in [-0.2, 0) is 17.9 Å². The van der Waals surface area contributed by atoms with Gasteiger partial charge in [-0.2, -0.15) is 5.26 Å². The number of benzene rings is 2. The Labute approximate surface area is 227 Å². The number of fused-ring (bicyclic) bond motifs is 1. The maximum atomic E-state index is 13.4. The molecule has 8 heteroatoms. The summed E-state index contributed by atoms with van der Waals surface area (Å²) in [6.07, 6.45) is 5.97. The summed E-state index contributed by atoms with van der Waals surface area (Å²) in [6.45, 7) is 7.81. The maximum absolute atomic E-state index is 13.4. The summed E-state index contributed by atoms with van der Waals surface area (Å²) >= 11 is 1.46. The van der Waals surface area contributed by atoms with Gasteiger partial charge in [0.05, 0.1) is 35.1 Å². The van der Waals surface area contributed by atoms with Gasteiger partial charge in [0.15, 0.2) is 0 Å². The fourth-order valence-corrected chi connectivity index (χ4v) is 5.18. The number of amides is 2. The Bertz CT molecular complexity index is 1450. The molecule has 0 aliphatic carbocycles. The second-order valence-electron chi connectivity index (χ2n) is 9.84. The number of thiophene rings is 1. The van der Waals surface area contributed by atoms with Gasteiger partial charge in [0, 0.05) is 36.1 Å². The Kier molecular flexibility index (Phi) is 8.93. The number of nitrogens with one attached hydrogen (secondary N) is 1. The maximum Gasteiger partial charge on any atom is 0.261 e. The van der Waals surface area contributed by atoms with Gasteiger partial charge in [0.2, 0.25) is 5.91 Å². The number of hydrogen-bond acceptors (Lipinski definition) is 5. The van der Waals surface area contributed by atoms with E-state index in [4.69, 9.17) is 5.26 Å². The van der Waals surface area contributed by atoms with Crippen LogP contribution in [0.15, 0.2) is 61.1 Å². The lowest BCUT2D eigenvalue weighted by Gasteiger charge is -2.24. The van der Waals surface area contributed by atoms with Gasteiger partial charge in [-0.05, 0) is 59.7 Å². The number of carbonyl (C=O) groups is 2. The van der Waals surface area contributed by atoms with E-state index in [1.54, 1.807) is 24.7 Å². The minimum absolute atomic E-state index is 0.0400. The lowest BCUT2D eigenvalue weighted by atomic mass is 10.1. The van der Waals surface area contributed by atoms with Gasteiger partial charge in [-0.25, -0.2) is 4.98 Å². The Hall–Kier alpha value is -3.96. The molecule has 7 nitrogen and oxygen atoms in total. The summed E-state index contributed by atoms with van der Waals surface area (Å²) < 4.78 is 3.04. The van der Waals surface area contributed by atoms with Crippen molar-refractivity contribution in [2.24, 2.45) is 5.92 Å². The highest BCUT2D eigenvalue weighted by molar-refractivity contribution is 7.20. The van der Waals surface area contributed by atoms with Gasteiger partial charge in [-0.15, -0.1) is 11.3 Å². The van der Waals surface area contributed by atoms with E-state index in [9.17, 15) is 9.59 Å². The third kappa shape index (κ3) is 6.67. The van der Waals surface area contributed by atoms with Crippen LogP contribution in [0.3, 0.4) is 0 Å². The predicted molar refractivity (Wildman–Crippen MR) is 152 cm³/mol. The second-order valence-corrected chi connectivity index (χ2v) is 10.9. The molecule has 2 heterocycles. The van der Waals surface area contributed by atoms with Gasteiger partial charge in [-0.3, -0.25) is 9.59 Å². The molecule has 4 rings (SSSR count). The third-order valence-corrected chi connectivity index (χ3v) is 7.40. The molecule has 0 aliphatic rings. The zero-order valence-corrected chi connectivity index (χ0v) is 22.9. The van der Waals surface area contributed by atoms with Crippen molar-refractivity contribution in [1.82, 2.24) is 14.9 Å². The standard InChI is InChI=1S/C30H33N5O2S/c1-4-5-12-33-30(37)28-15-24-14-25(10-11-27(24)38-28)35(29(36)13-21(2)3)19-26-17-32-20-34(26)18-23-8-6-22(16-31)7-9-23/h6-11,14-15,17,20-21H,4-5,12-13,18-19H2,1-3H3,(H,33,37). The zero-order chi connectivity index (χ0) is 27.1. The normalized spacial score (nSPS) is 11.0. The van der Waals surface area contributed by atoms with Crippen LogP contribution in [-0.4, -0.2) is 27.9 Å². The molecule has 196 valence electrons. The molecular formula is C30H33N5O2S. The number of aromatic nitrogens is 2. The van der Waals surface area contributed by atoms with Crippen molar-refractivity contribution < 1.29 is 9.59 Å². The number of imidazole rings is 1. The SMILES string of the molecule is CCCCNC(=O)c1cc2cc(N(Cc3cncn3Cc3ccc(C#N)cc3)C(=O)CC(C)C)ccc2s1. The fourth-order valence-electron chi connectivity index (χ4n) is 4.22. The zero-order valence-electron chi connectivity index (χ0n) is 22.1. The first-order valence-electron chi connectivity index (χ1n) is 13.0. The molecule has 2 amide bonds. The molecule has 0 saturated carbocycles. The molecule has 0 fully saturated rings. The van der Waals surface area contributed by atoms with Crippen molar-refractivity contribution in [3.8, 4) is 6.07 Å². The van der Waals surface area contributed by atoms with E-state index in [0.29, 0.717) is 36.5 Å². The van der Waals surface area contributed by atoms with Crippen molar-refractivity contribution in [3.63, 3.8) is 0 Å². The van der Waals surface area contributed by atoms with Crippen LogP contribution in [0.4, 0.5) is 5.69 Å². The Morgan fingerprint density at radius 3 is 2.66 bits per heavy atom. The van der Waals surface area contributed by atoms with Crippen LogP contribution in [0.2, 0.25) is 0 Å². The summed E-state index contributed by atoms with van der Waals surface area (Å²) in [6, 6.07) is 17.5. The van der Waals surface area contributed by atoms with E-state index < -0.39 is 0 Å². The van der Waals surface area contributed by atoms with Crippen molar-refractivity contribution in [1.29, 1.82) is 5.26 Å². The highest BCUT2D eigenvalue weighted by atomic mass is 32.1. The molecule has 0 atom stereocenters. The molecule has 0 unspecified atom stereocenters. The van der Waals surface area contributed by atoms with Crippen LogP contribution in [0.5, 0.6) is 0 Å². The molecule has 2 aromatic carbocycles. The van der Waals surface area contributed by atoms with Crippen molar-refractivity contribution in [2.45, 2.75) is 53.1 Å². The number of unbranched alkanes of at least 4 members (excludes halogenated alkanes) is 1. The fraction of sp³-hybridized carbons (Fsp3) is 0.333. The van der Waals surface area contributed by atoms with Gasteiger partial charge < -0.3 is 14.8 Å². The van der Waals surface area contributed by atoms with Crippen LogP contribution >= 0.6 is 11.3 Å². The summed E-state index contributed by atoms with van der Waals surface area (Å²) in [5.74, 6) is 0.204. The number of nitrogens with zero attached hydrogens (tertiary/aromatic N) is 4. The van der Waals surface area contributed by atoms with Crippen LogP contribution in [0.1, 0.15) is 66.5 Å². The predicted octanol–water partition coefficient (Wildman–Crippen LogP) is 6.13. The van der Waals surface area contributed by atoms with E-state index >= 15 is 0 Å². The van der Waals surface area contributed by atoms with Gasteiger partial charge >= 0.3 is 0 Å². The minimum Gasteiger partial charge on any atom is -0.351 e. The van der Waals surface area contributed by atoms with Crippen molar-refractivity contribution in [2.75, 3.05) is 11.4 Å². The average Bonchev–Trinajstić information content (AvgIpc) is 3.53. The van der Waals surface area contributed by atoms with Crippen molar-refractivity contribution >= 4 is 38.9 Å². The summed E-state index contributed by atoms with van der Waals surface area (Å²) in [4.78, 5) is 32.8. The minimum atomic E-state index is -0.0550. The van der Waals surface area contributed by atoms with Crippen molar-refractivity contribution in [3.05, 3.63) is 82.8 Å². The van der Waals surface area contributed by atoms with E-state index in [1.165, 1.54) is 11.3 Å². The smallest absolute Gasteiger partial charge is 0.261 e. The quantitative estimate of drug-likeness (QED) is 0.238. The lowest BCUT2D eigenvalue weighted by molar-refractivity contribution is -0.119. The van der Waals surface area contributed by atoms with E-state index in [1.807, 2.05) is 59.7 Å². The molecule has 0 saturated heterocycles. The monoisotopic (exact) mass is 527 g/mol. The van der Waals surface area contributed by atoms with Crippen LogP contribution in [0, 0.1) is 17.2 Å². The largest absolute Gasteiger partial charge is 0.351 e. The highest BCUT2D eigenvalue weighted by Crippen LogP contribution is 2.31. The highest BCUT2D eigenvalue weighted by Gasteiger charge is 2.20. The van der Waals surface area contributed by atoms with Gasteiger partial charge in [0.1, 0.15) is 0 Å². The molecule has 0 bridgehead atoms. The molecule has 2 aromatic heterocycles. The molecule has 4 aromatic rings. The van der Waals surface area contributed by atoms with E-state index in [0.717, 1.165) is 39.9 Å². The topological polar surface area (TPSA) is 91.0 Å². The number of nitriles is 1. The number of hydrogen-bond donors (Lipinski definition) is 1. The van der Waals surface area contributed by atoms with Gasteiger partial charge in [0.25, 0.3) is 5.91 Å². The first kappa shape index (κ1) is 27.1. The van der Waals surface area contributed by atoms with Crippen LogP contribution in [0.25, 0.3) is 10.1 Å². The molecule has 38 heavy (non-hydrogen) atoms. The number of rotatable bonds is 11. The van der Waals surface area contributed by atoms with Crippen LogP contribution < -0.4 is 10.2 Å². The number of carbonyl (C=O) groups excluding carboxylic acids is 2. The molecule has 0 spiro atoms. The summed E-state index contributed by atoms with van der Waals surface area (Å²) in [5.41, 5.74) is 3.38. The summed E-state index contributed by atoms with van der Waals surface area (Å²) in [5, 5.41) is 13.0. The van der Waals surface area contributed by atoms with E-state index in [2.05, 4.69) is 23.3 Å². The lowest BCUT2D eigenvalue weighted by Crippen LogP contribution is -2.32. The average molecular weight is 528 g/mol. The molecular weight excluding hydrogens is 494 g/mol.